The number of hydrogen-bond donors (Lipinski definition) is 20. The lowest BCUT2D eigenvalue weighted by Gasteiger charge is -2.71. The van der Waals surface area contributed by atoms with Crippen molar-refractivity contribution < 1.29 is 211 Å². The van der Waals surface area contributed by atoms with Crippen LogP contribution in [0.15, 0.2) is 11.6 Å². The summed E-state index contributed by atoms with van der Waals surface area (Å²) in [6.07, 6.45) is -65.4. The Bertz CT molecular complexity index is 3730. The van der Waals surface area contributed by atoms with Crippen molar-refractivity contribution >= 4 is 30.2 Å². The average molecular weight is 1770 g/mol. The van der Waals surface area contributed by atoms with Gasteiger partial charge in [-0.1, -0.05) is 53.2 Å². The standard InChI is InChI=1S/C80H124O43/c1-28-56(115-66-54(101)58(36(88)26-107-66)116-68-50(97)46(93)44(91)37(23-81)112-68)48(95)52(99)67(108-28)117-59-34(86)21-79(11,122-70-55(102)61(111-31(4)85)57(29(2)109-70)110-30(3)84)123-72(59)121-73(105)80-19-18-74(5,6)20-33(80)32-12-13-40-75(7)16-15-42(76(8,27-83)39(75)14-17-77(40,9)78(32,10)22-41(80)89)114-71-63(120-69-51(98)47(94)45(92)38(24-82)113-69)60(53(100)62(119-71)64(103)104)118-65-49(96)43(90)35(87)25-106-65/h12,27-29,33-63,65-72,81-82,86-102H,13-26H2,1-11H3,(H,103,104)/t28?,29?,33?,34?,35?,36?,37?,38?,39?,40?,41?,42-,43?,44?,45?,46?,47?,48?,49?,50?,51?,52?,53?,54?,55?,56?,57?,58?,59?,60?,61?,62?,63?,65?,66?,67?,68?,69+,70?,71?,72?,75-,76-,77+,78?,79?,80+/m0/s1. The molecule has 0 radical (unpaired) electrons. The molecule has 8 aliphatic heterocycles. The predicted molar refractivity (Wildman–Crippen MR) is 398 cm³/mol. The van der Waals surface area contributed by atoms with E-state index in [1.165, 1.54) is 20.8 Å². The second kappa shape index (κ2) is 36.6. The van der Waals surface area contributed by atoms with Crippen LogP contribution in [0.2, 0.25) is 0 Å². The number of aliphatic carboxylic acids is 1. The van der Waals surface area contributed by atoms with Crippen LogP contribution in [0.5, 0.6) is 0 Å². The lowest BCUT2D eigenvalue weighted by atomic mass is 9.33. The zero-order chi connectivity index (χ0) is 90.1. The molecule has 13 rings (SSSR count). The maximum atomic E-state index is 16.4. The highest BCUT2D eigenvalue weighted by molar-refractivity contribution is 5.80. The van der Waals surface area contributed by atoms with Crippen LogP contribution >= 0.6 is 0 Å². The monoisotopic (exact) mass is 1770 g/mol. The minimum absolute atomic E-state index is 0.00295. The van der Waals surface area contributed by atoms with Gasteiger partial charge in [0.1, 0.15) is 146 Å². The van der Waals surface area contributed by atoms with Crippen LogP contribution in [0.25, 0.3) is 0 Å². The van der Waals surface area contributed by atoms with Crippen LogP contribution in [0.3, 0.4) is 0 Å². The molecule has 43 heteroatoms. The van der Waals surface area contributed by atoms with Crippen molar-refractivity contribution in [3.8, 4) is 0 Å². The summed E-state index contributed by atoms with van der Waals surface area (Å²) in [7, 11) is 0. The van der Waals surface area contributed by atoms with Gasteiger partial charge in [0.15, 0.2) is 68.1 Å². The molecule has 43 nitrogen and oxygen atoms in total. The molecule has 123 heavy (non-hydrogen) atoms. The number of aldehydes is 1. The van der Waals surface area contributed by atoms with Crippen molar-refractivity contribution in [1.29, 1.82) is 0 Å². The number of carboxylic acids is 1. The Morgan fingerprint density at radius 3 is 1.59 bits per heavy atom. The van der Waals surface area contributed by atoms with E-state index < -0.39 is 340 Å². The van der Waals surface area contributed by atoms with Crippen LogP contribution in [-0.2, 0) is 109 Å². The fourth-order valence-corrected chi connectivity index (χ4v) is 22.4. The molecule has 12 fully saturated rings. The summed E-state index contributed by atoms with van der Waals surface area (Å²) in [4.78, 5) is 68.8. The number of carboxylic acid groups (broad SMARTS) is 1. The van der Waals surface area contributed by atoms with Gasteiger partial charge >= 0.3 is 23.9 Å². The number of carbonyl (C=O) groups excluding carboxylic acids is 4. The van der Waals surface area contributed by atoms with Crippen molar-refractivity contribution in [3.05, 3.63) is 11.6 Å². The van der Waals surface area contributed by atoms with Gasteiger partial charge in [-0.2, -0.15) is 0 Å². The quantitative estimate of drug-likeness (QED) is 0.0158. The largest absolute Gasteiger partial charge is 0.479 e. The zero-order valence-corrected chi connectivity index (χ0v) is 70.1. The molecule has 0 amide bonds. The summed E-state index contributed by atoms with van der Waals surface area (Å²) >= 11 is 0. The van der Waals surface area contributed by atoms with Crippen LogP contribution in [0, 0.1) is 50.2 Å². The third-order valence-corrected chi connectivity index (χ3v) is 29.4. The number of hydrogen-bond acceptors (Lipinski definition) is 42. The molecule has 13 aliphatic rings. The molecule has 20 N–H and O–H groups in total. The van der Waals surface area contributed by atoms with E-state index in [0.29, 0.717) is 32.1 Å². The molecular weight excluding hydrogens is 1650 g/mol. The van der Waals surface area contributed by atoms with E-state index in [-0.39, 0.29) is 31.6 Å². The number of carbonyl (C=O) groups is 5. The SMILES string of the molecule is CC(=O)OC1C(C)OC(OC2(C)CC(O)C(OC3OC(C)C(OC4OCC(O)C(OC5OC(CO)C(O)C(O)C5O)C4O)C(O)C3O)C(OC(=O)[C@]34CCC(C)(C)CC3C3=CCC5[C@@]6(C)CC[C@H](OC7OC(C(=O)O)C(O)C(OC8OCC(O)C(O)C8O)C7O[C@H]7OC(CO)C(O)C(O)C7O)[C@@](C)(C=O)C6CC[C@@]5(C)C3(C)CC4O)O2)C(O)C1OC(C)=O. The fourth-order valence-electron chi connectivity index (χ4n) is 22.4. The van der Waals surface area contributed by atoms with Crippen molar-refractivity contribution in [3.63, 3.8) is 0 Å². The molecule has 8 saturated heterocycles. The molecule has 0 spiro atoms. The number of rotatable bonds is 22. The molecular formula is C80H124O43. The zero-order valence-electron chi connectivity index (χ0n) is 70.1. The normalized spacial score (nSPS) is 53.0. The van der Waals surface area contributed by atoms with E-state index in [4.69, 9.17) is 85.3 Å². The Morgan fingerprint density at radius 2 is 0.992 bits per heavy atom. The second-order valence-electron chi connectivity index (χ2n) is 37.7. The minimum atomic E-state index is -2.26. The van der Waals surface area contributed by atoms with Crippen LogP contribution < -0.4 is 0 Å². The summed E-state index contributed by atoms with van der Waals surface area (Å²) < 4.78 is 108. The molecule has 0 aromatic rings. The van der Waals surface area contributed by atoms with Gasteiger partial charge in [-0.3, -0.25) is 14.4 Å². The Labute approximate surface area is 707 Å². The number of allylic oxidation sites excluding steroid dienone is 2. The molecule has 0 aromatic carbocycles. The highest BCUT2D eigenvalue weighted by Gasteiger charge is 2.74. The smallest absolute Gasteiger partial charge is 0.335 e. The van der Waals surface area contributed by atoms with Gasteiger partial charge in [-0.15, -0.1) is 0 Å². The lowest BCUT2D eigenvalue weighted by molar-refractivity contribution is -0.425. The number of aliphatic hydroxyl groups is 19. The Kier molecular flexibility index (Phi) is 28.7. The van der Waals surface area contributed by atoms with Crippen LogP contribution in [0.1, 0.15) is 140 Å². The first kappa shape index (κ1) is 96.5. The molecule has 8 heterocycles. The molecule has 5 aliphatic carbocycles. The molecule has 4 saturated carbocycles. The third-order valence-electron chi connectivity index (χ3n) is 29.4. The molecule has 702 valence electrons. The summed E-state index contributed by atoms with van der Waals surface area (Å²) in [5, 5.41) is 224. The van der Waals surface area contributed by atoms with Crippen molar-refractivity contribution in [2.75, 3.05) is 26.4 Å². The second-order valence-corrected chi connectivity index (χ2v) is 37.7. The van der Waals surface area contributed by atoms with E-state index in [1.54, 1.807) is 6.92 Å². The maximum absolute atomic E-state index is 16.4. The fraction of sp³-hybridized carbons (Fsp3) is 0.912. The summed E-state index contributed by atoms with van der Waals surface area (Å²) in [6.45, 7) is 15.2. The van der Waals surface area contributed by atoms with Gasteiger partial charge in [0.2, 0.25) is 6.29 Å². The molecule has 47 atom stereocenters. The highest BCUT2D eigenvalue weighted by Crippen LogP contribution is 2.76. The maximum Gasteiger partial charge on any atom is 0.335 e. The number of aliphatic hydroxyl groups excluding tert-OH is 19. The van der Waals surface area contributed by atoms with Gasteiger partial charge in [0.25, 0.3) is 0 Å². The van der Waals surface area contributed by atoms with Gasteiger partial charge in [-0.25, -0.2) is 4.79 Å². The van der Waals surface area contributed by atoms with Gasteiger partial charge in [-0.05, 0) is 118 Å². The van der Waals surface area contributed by atoms with E-state index in [1.807, 2.05) is 13.8 Å². The summed E-state index contributed by atoms with van der Waals surface area (Å²) in [5.74, 6) is -8.43. The first-order valence-electron chi connectivity index (χ1n) is 42.1. The Balaban J connectivity index is 0.781. The average Bonchev–Trinajstić information content (AvgIpc) is 0.668. The van der Waals surface area contributed by atoms with Crippen LogP contribution in [-0.4, -0.2) is 398 Å². The van der Waals surface area contributed by atoms with E-state index >= 15 is 4.79 Å². The van der Waals surface area contributed by atoms with Gasteiger partial charge < -0.3 is 192 Å². The first-order chi connectivity index (χ1) is 57.6. The summed E-state index contributed by atoms with van der Waals surface area (Å²) in [5.41, 5.74) is -5.55. The Morgan fingerprint density at radius 1 is 0.463 bits per heavy atom. The number of esters is 3. The van der Waals surface area contributed by atoms with Crippen molar-refractivity contribution in [2.24, 2.45) is 50.2 Å². The van der Waals surface area contributed by atoms with Crippen molar-refractivity contribution in [2.45, 2.75) is 380 Å². The first-order valence-corrected chi connectivity index (χ1v) is 42.1. The van der Waals surface area contributed by atoms with Crippen molar-refractivity contribution in [1.82, 2.24) is 0 Å². The molecule has 0 aromatic heterocycles. The molecule has 0 bridgehead atoms. The third kappa shape index (κ3) is 17.5. The topological polar surface area (TPSA) is 656 Å². The highest BCUT2D eigenvalue weighted by atomic mass is 16.8. The summed E-state index contributed by atoms with van der Waals surface area (Å²) in [6, 6.07) is 0. The molecule has 41 unspecified atom stereocenters. The lowest BCUT2D eigenvalue weighted by Crippen LogP contribution is -2.69. The van der Waals surface area contributed by atoms with E-state index in [2.05, 4.69) is 26.8 Å². The van der Waals surface area contributed by atoms with Crippen LogP contribution in [0.4, 0.5) is 0 Å². The number of ether oxygens (including phenoxy) is 18. The minimum Gasteiger partial charge on any atom is -0.479 e. The van der Waals surface area contributed by atoms with Gasteiger partial charge in [0, 0.05) is 20.3 Å². The predicted octanol–water partition coefficient (Wildman–Crippen LogP) is -6.64. The Hall–Kier alpha value is -4.07. The van der Waals surface area contributed by atoms with E-state index in [9.17, 15) is 121 Å². The van der Waals surface area contributed by atoms with Gasteiger partial charge in [0.05, 0.1) is 62.4 Å². The number of fused-ring (bicyclic) bond motifs is 7. The van der Waals surface area contributed by atoms with E-state index in [0.717, 1.165) is 25.7 Å².